The Morgan fingerprint density at radius 3 is 2.68 bits per heavy atom. The van der Waals surface area contributed by atoms with Crippen LogP contribution in [0.3, 0.4) is 0 Å². The van der Waals surface area contributed by atoms with Crippen LogP contribution in [0.4, 0.5) is 0 Å². The van der Waals surface area contributed by atoms with Gasteiger partial charge in [-0.05, 0) is 47.8 Å². The van der Waals surface area contributed by atoms with Gasteiger partial charge in [0, 0.05) is 6.54 Å². The Balaban J connectivity index is 1.50. The van der Waals surface area contributed by atoms with Crippen LogP contribution in [0.25, 0.3) is 21.5 Å². The fourth-order valence-electron chi connectivity index (χ4n) is 2.85. The molecule has 0 saturated carbocycles. The van der Waals surface area contributed by atoms with Gasteiger partial charge in [-0.3, -0.25) is 4.90 Å². The van der Waals surface area contributed by atoms with Crippen LogP contribution >= 0.6 is 11.3 Å². The number of hydrogen-bond acceptors (Lipinski definition) is 5. The molecular weight excluding hydrogens is 330 g/mol. The van der Waals surface area contributed by atoms with Crippen molar-refractivity contribution in [1.82, 2.24) is 15.1 Å². The third kappa shape index (κ3) is 3.34. The minimum atomic E-state index is 0.0488. The summed E-state index contributed by atoms with van der Waals surface area (Å²) in [6, 6.07) is 19.0. The van der Waals surface area contributed by atoms with E-state index >= 15 is 0 Å². The van der Waals surface area contributed by atoms with E-state index in [1.165, 1.54) is 16.3 Å². The molecule has 5 heteroatoms. The largest absolute Gasteiger partial charge is 0.418 e. The number of benzene rings is 2. The van der Waals surface area contributed by atoms with Crippen molar-refractivity contribution in [2.75, 3.05) is 7.05 Å². The first-order chi connectivity index (χ1) is 12.2. The molecule has 1 atom stereocenters. The third-order valence-corrected chi connectivity index (χ3v) is 5.29. The molecule has 126 valence electrons. The predicted octanol–water partition coefficient (Wildman–Crippen LogP) is 5.14. The molecule has 25 heavy (non-hydrogen) atoms. The summed E-state index contributed by atoms with van der Waals surface area (Å²) in [4.78, 5) is 3.22. The minimum Gasteiger partial charge on any atom is -0.418 e. The molecule has 0 aliphatic heterocycles. The first-order valence-electron chi connectivity index (χ1n) is 8.26. The highest BCUT2D eigenvalue weighted by Gasteiger charge is 2.19. The highest BCUT2D eigenvalue weighted by molar-refractivity contribution is 7.13. The van der Waals surface area contributed by atoms with Crippen molar-refractivity contribution >= 4 is 22.1 Å². The summed E-state index contributed by atoms with van der Waals surface area (Å²) in [6.07, 6.45) is 0. The van der Waals surface area contributed by atoms with E-state index in [-0.39, 0.29) is 6.04 Å². The summed E-state index contributed by atoms with van der Waals surface area (Å²) in [6.45, 7) is 2.91. The fraction of sp³-hybridized carbons (Fsp3) is 0.200. The van der Waals surface area contributed by atoms with Gasteiger partial charge in [-0.25, -0.2) is 0 Å². The summed E-state index contributed by atoms with van der Waals surface area (Å²) >= 11 is 1.60. The number of aromatic nitrogens is 2. The SMILES string of the molecule is CC(c1nnc(-c2cccs2)o1)N(C)Cc1ccc2ccccc2c1. The first-order valence-corrected chi connectivity index (χ1v) is 9.14. The lowest BCUT2D eigenvalue weighted by molar-refractivity contribution is 0.218. The summed E-state index contributed by atoms with van der Waals surface area (Å²) in [5.41, 5.74) is 1.27. The minimum absolute atomic E-state index is 0.0488. The van der Waals surface area contributed by atoms with Crippen molar-refractivity contribution in [3.05, 3.63) is 71.4 Å². The third-order valence-electron chi connectivity index (χ3n) is 4.44. The summed E-state index contributed by atoms with van der Waals surface area (Å²) in [5, 5.41) is 12.9. The van der Waals surface area contributed by atoms with E-state index in [0.29, 0.717) is 11.8 Å². The van der Waals surface area contributed by atoms with Crippen LogP contribution in [0.1, 0.15) is 24.4 Å². The van der Waals surface area contributed by atoms with E-state index < -0.39 is 0 Å². The number of nitrogens with zero attached hydrogens (tertiary/aromatic N) is 3. The molecule has 0 amide bonds. The molecule has 1 unspecified atom stereocenters. The maximum absolute atomic E-state index is 5.87. The molecule has 0 bridgehead atoms. The van der Waals surface area contributed by atoms with E-state index in [1.807, 2.05) is 17.5 Å². The van der Waals surface area contributed by atoms with Gasteiger partial charge < -0.3 is 4.42 Å². The molecule has 4 rings (SSSR count). The highest BCUT2D eigenvalue weighted by Crippen LogP contribution is 2.27. The Bertz CT molecular complexity index is 977. The number of fused-ring (bicyclic) bond motifs is 1. The molecule has 0 saturated heterocycles. The molecule has 4 aromatic rings. The van der Waals surface area contributed by atoms with E-state index in [0.717, 1.165) is 11.4 Å². The number of thiophene rings is 1. The zero-order valence-corrected chi connectivity index (χ0v) is 15.0. The van der Waals surface area contributed by atoms with Gasteiger partial charge in [0.05, 0.1) is 10.9 Å². The molecule has 4 nitrogen and oxygen atoms in total. The van der Waals surface area contributed by atoms with Gasteiger partial charge >= 0.3 is 0 Å². The topological polar surface area (TPSA) is 42.2 Å². The fourth-order valence-corrected chi connectivity index (χ4v) is 3.50. The van der Waals surface area contributed by atoms with Gasteiger partial charge in [-0.2, -0.15) is 0 Å². The maximum Gasteiger partial charge on any atom is 0.257 e. The quantitative estimate of drug-likeness (QED) is 0.500. The molecule has 0 spiro atoms. The van der Waals surface area contributed by atoms with Crippen LogP contribution in [-0.4, -0.2) is 22.1 Å². The van der Waals surface area contributed by atoms with Crippen molar-refractivity contribution in [3.8, 4) is 10.8 Å². The molecular formula is C20H19N3OS. The van der Waals surface area contributed by atoms with Crippen molar-refractivity contribution in [2.45, 2.75) is 19.5 Å². The van der Waals surface area contributed by atoms with E-state index in [1.54, 1.807) is 11.3 Å². The van der Waals surface area contributed by atoms with Crippen molar-refractivity contribution < 1.29 is 4.42 Å². The Morgan fingerprint density at radius 2 is 1.88 bits per heavy atom. The van der Waals surface area contributed by atoms with E-state index in [2.05, 4.69) is 71.5 Å². The molecule has 2 aromatic carbocycles. The lowest BCUT2D eigenvalue weighted by Gasteiger charge is -2.22. The molecule has 0 aliphatic carbocycles. The van der Waals surface area contributed by atoms with Crippen LogP contribution in [0.5, 0.6) is 0 Å². The van der Waals surface area contributed by atoms with Crippen molar-refractivity contribution in [1.29, 1.82) is 0 Å². The molecule has 2 heterocycles. The van der Waals surface area contributed by atoms with Gasteiger partial charge in [0.1, 0.15) is 0 Å². The normalized spacial score (nSPS) is 12.8. The summed E-state index contributed by atoms with van der Waals surface area (Å²) < 4.78 is 5.87. The second-order valence-electron chi connectivity index (χ2n) is 6.20. The lowest BCUT2D eigenvalue weighted by Crippen LogP contribution is -2.22. The Kier molecular flexibility index (Phi) is 4.34. The smallest absolute Gasteiger partial charge is 0.257 e. The average molecular weight is 349 g/mol. The second kappa shape index (κ2) is 6.78. The lowest BCUT2D eigenvalue weighted by atomic mass is 10.1. The standard InChI is InChI=1S/C20H19N3OS/c1-14(19-21-22-20(24-19)18-8-5-11-25-18)23(2)13-15-9-10-16-6-3-4-7-17(16)12-15/h3-12,14H,13H2,1-2H3. The van der Waals surface area contributed by atoms with Gasteiger partial charge in [-0.1, -0.05) is 42.5 Å². The summed E-state index contributed by atoms with van der Waals surface area (Å²) in [5.74, 6) is 1.24. The Morgan fingerprint density at radius 1 is 1.04 bits per heavy atom. The maximum atomic E-state index is 5.87. The Labute approximate surface area is 150 Å². The molecule has 0 aliphatic rings. The zero-order chi connectivity index (χ0) is 17.2. The number of rotatable bonds is 5. The van der Waals surface area contributed by atoms with Gasteiger partial charge in [0.25, 0.3) is 5.89 Å². The Hall–Kier alpha value is -2.50. The van der Waals surface area contributed by atoms with Crippen LogP contribution in [0, 0.1) is 0 Å². The monoisotopic (exact) mass is 349 g/mol. The van der Waals surface area contributed by atoms with Gasteiger partial charge in [0.15, 0.2) is 0 Å². The van der Waals surface area contributed by atoms with Crippen LogP contribution in [-0.2, 0) is 6.54 Å². The van der Waals surface area contributed by atoms with Crippen LogP contribution in [0.2, 0.25) is 0 Å². The number of hydrogen-bond donors (Lipinski definition) is 0. The predicted molar refractivity (Wildman–Crippen MR) is 101 cm³/mol. The van der Waals surface area contributed by atoms with Crippen molar-refractivity contribution in [3.63, 3.8) is 0 Å². The molecule has 0 N–H and O–H groups in total. The van der Waals surface area contributed by atoms with Crippen molar-refractivity contribution in [2.24, 2.45) is 0 Å². The first kappa shape index (κ1) is 16.0. The molecule has 2 aromatic heterocycles. The van der Waals surface area contributed by atoms with Gasteiger partial charge in [0.2, 0.25) is 5.89 Å². The van der Waals surface area contributed by atoms with Crippen LogP contribution in [0.15, 0.2) is 64.4 Å². The highest BCUT2D eigenvalue weighted by atomic mass is 32.1. The summed E-state index contributed by atoms with van der Waals surface area (Å²) in [7, 11) is 2.08. The van der Waals surface area contributed by atoms with Crippen LogP contribution < -0.4 is 0 Å². The molecule has 0 fully saturated rings. The van der Waals surface area contributed by atoms with Gasteiger partial charge in [-0.15, -0.1) is 21.5 Å². The van der Waals surface area contributed by atoms with E-state index in [4.69, 9.17) is 4.42 Å². The second-order valence-corrected chi connectivity index (χ2v) is 7.14. The molecule has 0 radical (unpaired) electrons. The van der Waals surface area contributed by atoms with E-state index in [9.17, 15) is 0 Å². The zero-order valence-electron chi connectivity index (χ0n) is 14.2. The average Bonchev–Trinajstić information content (AvgIpc) is 3.32.